The van der Waals surface area contributed by atoms with E-state index in [0.29, 0.717) is 13.2 Å². The van der Waals surface area contributed by atoms with Gasteiger partial charge in [-0.15, -0.1) is 0 Å². The number of benzene rings is 2. The lowest BCUT2D eigenvalue weighted by Gasteiger charge is -2.07. The fraction of sp³-hybridized carbons (Fsp3) is 0.286. The number of esters is 2. The molecule has 2 aromatic carbocycles. The number of hydrogen-bond acceptors (Lipinski definition) is 5. The molecule has 0 radical (unpaired) electrons. The molecular weight excluding hydrogens is 330 g/mol. The van der Waals surface area contributed by atoms with Crippen molar-refractivity contribution in [2.24, 2.45) is 4.99 Å². The van der Waals surface area contributed by atoms with Gasteiger partial charge in [0.2, 0.25) is 0 Å². The summed E-state index contributed by atoms with van der Waals surface area (Å²) in [6.45, 7) is 5.85. The maximum Gasteiger partial charge on any atom is 0.327 e. The average molecular weight is 355 g/mol. The fourth-order valence-electron chi connectivity index (χ4n) is 2.09. The minimum Gasteiger partial charge on any atom is -0.466 e. The summed E-state index contributed by atoms with van der Waals surface area (Å²) >= 11 is 0. The van der Waals surface area contributed by atoms with Crippen molar-refractivity contribution in [2.75, 3.05) is 19.8 Å². The fourth-order valence-corrected chi connectivity index (χ4v) is 2.09. The van der Waals surface area contributed by atoms with Crippen LogP contribution in [0.3, 0.4) is 0 Å². The predicted octanol–water partition coefficient (Wildman–Crippen LogP) is 3.66. The Labute approximate surface area is 154 Å². The SMILES string of the molecule is CCOC(=O)CN=C(c1ccccc1)c1ccccc1.CCOC(C)=O. The Kier molecular flexibility index (Phi) is 10.1. The van der Waals surface area contributed by atoms with Crippen molar-refractivity contribution in [1.29, 1.82) is 0 Å². The number of carbonyl (C=O) groups excluding carboxylic acids is 2. The highest BCUT2D eigenvalue weighted by molar-refractivity contribution is 6.13. The minimum atomic E-state index is -0.308. The van der Waals surface area contributed by atoms with Gasteiger partial charge in [-0.25, -0.2) is 0 Å². The Morgan fingerprint density at radius 2 is 1.27 bits per heavy atom. The maximum atomic E-state index is 11.5. The largest absolute Gasteiger partial charge is 0.466 e. The van der Waals surface area contributed by atoms with Crippen molar-refractivity contribution in [1.82, 2.24) is 0 Å². The van der Waals surface area contributed by atoms with E-state index in [4.69, 9.17) is 4.74 Å². The summed E-state index contributed by atoms with van der Waals surface area (Å²) in [6, 6.07) is 19.7. The van der Waals surface area contributed by atoms with E-state index in [2.05, 4.69) is 9.73 Å². The van der Waals surface area contributed by atoms with Crippen molar-refractivity contribution in [2.45, 2.75) is 20.8 Å². The van der Waals surface area contributed by atoms with Crippen LogP contribution < -0.4 is 0 Å². The zero-order valence-corrected chi connectivity index (χ0v) is 15.5. The van der Waals surface area contributed by atoms with Crippen LogP contribution in [-0.2, 0) is 19.1 Å². The van der Waals surface area contributed by atoms with Crippen LogP contribution in [0.1, 0.15) is 31.9 Å². The minimum absolute atomic E-state index is 0.0347. The number of nitrogens with zero attached hydrogens (tertiary/aromatic N) is 1. The molecule has 0 bridgehead atoms. The highest BCUT2D eigenvalue weighted by Gasteiger charge is 2.07. The first kappa shape index (κ1) is 21.1. The van der Waals surface area contributed by atoms with Crippen LogP contribution in [0, 0.1) is 0 Å². The highest BCUT2D eigenvalue weighted by atomic mass is 16.5. The first-order valence-electron chi connectivity index (χ1n) is 8.52. The van der Waals surface area contributed by atoms with Crippen molar-refractivity contribution >= 4 is 17.7 Å². The molecule has 0 spiro atoms. The third kappa shape index (κ3) is 8.24. The molecule has 138 valence electrons. The molecule has 0 aromatic heterocycles. The van der Waals surface area contributed by atoms with Gasteiger partial charge in [0.05, 0.1) is 18.9 Å². The first-order valence-corrected chi connectivity index (χ1v) is 8.52. The summed E-state index contributed by atoms with van der Waals surface area (Å²) in [7, 11) is 0. The summed E-state index contributed by atoms with van der Waals surface area (Å²) in [5, 5.41) is 0. The zero-order valence-electron chi connectivity index (χ0n) is 15.5. The Balaban J connectivity index is 0.000000487. The zero-order chi connectivity index (χ0) is 19.2. The number of hydrogen-bond donors (Lipinski definition) is 0. The van der Waals surface area contributed by atoms with Crippen molar-refractivity contribution in [3.05, 3.63) is 71.8 Å². The summed E-state index contributed by atoms with van der Waals surface area (Å²) < 4.78 is 9.32. The van der Waals surface area contributed by atoms with Gasteiger partial charge in [0.15, 0.2) is 0 Å². The van der Waals surface area contributed by atoms with E-state index >= 15 is 0 Å². The van der Waals surface area contributed by atoms with Gasteiger partial charge in [-0.3, -0.25) is 14.6 Å². The predicted molar refractivity (Wildman–Crippen MR) is 102 cm³/mol. The molecule has 0 heterocycles. The molecule has 0 aliphatic heterocycles. The first-order chi connectivity index (χ1) is 12.6. The van der Waals surface area contributed by atoms with Gasteiger partial charge >= 0.3 is 11.9 Å². The van der Waals surface area contributed by atoms with Crippen molar-refractivity contribution < 1.29 is 19.1 Å². The third-order valence-electron chi connectivity index (χ3n) is 3.11. The van der Waals surface area contributed by atoms with Gasteiger partial charge in [-0.1, -0.05) is 60.7 Å². The molecule has 5 heteroatoms. The monoisotopic (exact) mass is 355 g/mol. The Bertz CT molecular complexity index is 655. The topological polar surface area (TPSA) is 65.0 Å². The van der Waals surface area contributed by atoms with Crippen LogP contribution in [0.25, 0.3) is 0 Å². The number of aliphatic imine (C=N–C) groups is 1. The quantitative estimate of drug-likeness (QED) is 0.586. The normalized spacial score (nSPS) is 9.35. The second-order valence-electron chi connectivity index (χ2n) is 5.13. The van der Waals surface area contributed by atoms with Crippen LogP contribution in [0.5, 0.6) is 0 Å². The Morgan fingerprint density at radius 3 is 1.62 bits per heavy atom. The smallest absolute Gasteiger partial charge is 0.327 e. The van der Waals surface area contributed by atoms with Gasteiger partial charge in [-0.05, 0) is 13.8 Å². The molecule has 0 saturated heterocycles. The molecule has 0 atom stereocenters. The van der Waals surface area contributed by atoms with E-state index < -0.39 is 0 Å². The van der Waals surface area contributed by atoms with Crippen LogP contribution >= 0.6 is 0 Å². The van der Waals surface area contributed by atoms with Crippen molar-refractivity contribution in [3.63, 3.8) is 0 Å². The van der Waals surface area contributed by atoms with Gasteiger partial charge in [-0.2, -0.15) is 0 Å². The van der Waals surface area contributed by atoms with Crippen LogP contribution in [0.4, 0.5) is 0 Å². The summed E-state index contributed by atoms with van der Waals surface area (Å²) in [6.07, 6.45) is 0. The molecule has 0 aliphatic rings. The summed E-state index contributed by atoms with van der Waals surface area (Å²) in [5.74, 6) is -0.519. The number of ether oxygens (including phenoxy) is 2. The molecule has 2 rings (SSSR count). The molecule has 0 amide bonds. The standard InChI is InChI=1S/C17H17NO2.C4H8O2/c1-2-20-16(19)13-18-17(14-9-5-3-6-10-14)15-11-7-4-8-12-15;1-3-6-4(2)5/h3-12H,2,13H2,1H3;3H2,1-2H3. The van der Waals surface area contributed by atoms with Gasteiger partial charge < -0.3 is 9.47 Å². The third-order valence-corrected chi connectivity index (χ3v) is 3.11. The molecule has 2 aromatic rings. The lowest BCUT2D eigenvalue weighted by Crippen LogP contribution is -2.11. The van der Waals surface area contributed by atoms with E-state index in [-0.39, 0.29) is 18.5 Å². The molecular formula is C21H25NO4. The Morgan fingerprint density at radius 1 is 0.808 bits per heavy atom. The van der Waals surface area contributed by atoms with E-state index in [1.807, 2.05) is 60.7 Å². The second-order valence-corrected chi connectivity index (χ2v) is 5.13. The molecule has 5 nitrogen and oxygen atoms in total. The number of rotatable bonds is 6. The molecule has 0 N–H and O–H groups in total. The summed E-state index contributed by atoms with van der Waals surface area (Å²) in [5.41, 5.74) is 2.78. The van der Waals surface area contributed by atoms with E-state index in [0.717, 1.165) is 16.8 Å². The van der Waals surface area contributed by atoms with Gasteiger partial charge in [0.1, 0.15) is 6.54 Å². The number of carbonyl (C=O) groups is 2. The van der Waals surface area contributed by atoms with Gasteiger partial charge in [0, 0.05) is 18.1 Å². The molecule has 26 heavy (non-hydrogen) atoms. The molecule has 0 aliphatic carbocycles. The lowest BCUT2D eigenvalue weighted by molar-refractivity contribution is -0.141. The lowest BCUT2D eigenvalue weighted by atomic mass is 10.0. The van der Waals surface area contributed by atoms with Crippen molar-refractivity contribution in [3.8, 4) is 0 Å². The molecule has 0 unspecified atom stereocenters. The van der Waals surface area contributed by atoms with Crippen LogP contribution in [-0.4, -0.2) is 37.4 Å². The Hall–Kier alpha value is -2.95. The van der Waals surface area contributed by atoms with E-state index in [1.165, 1.54) is 6.92 Å². The maximum absolute atomic E-state index is 11.5. The van der Waals surface area contributed by atoms with E-state index in [9.17, 15) is 9.59 Å². The van der Waals surface area contributed by atoms with Crippen LogP contribution in [0.2, 0.25) is 0 Å². The average Bonchev–Trinajstić information content (AvgIpc) is 2.64. The van der Waals surface area contributed by atoms with Crippen LogP contribution in [0.15, 0.2) is 65.7 Å². The van der Waals surface area contributed by atoms with Gasteiger partial charge in [0.25, 0.3) is 0 Å². The summed E-state index contributed by atoms with van der Waals surface area (Å²) in [4.78, 5) is 25.7. The molecule has 0 fully saturated rings. The molecule has 0 saturated carbocycles. The second kappa shape index (κ2) is 12.4. The highest BCUT2D eigenvalue weighted by Crippen LogP contribution is 2.10. The van der Waals surface area contributed by atoms with E-state index in [1.54, 1.807) is 13.8 Å².